The molecule has 0 radical (unpaired) electrons. The molecule has 2 aromatic rings. The molecule has 6 nitrogen and oxygen atoms in total. The highest BCUT2D eigenvalue weighted by Crippen LogP contribution is 2.28. The maximum absolute atomic E-state index is 12.3. The second kappa shape index (κ2) is 6.57. The average molecular weight is 363 g/mol. The lowest BCUT2D eigenvalue weighted by Crippen LogP contribution is -2.42. The molecule has 114 valence electrons. The van der Waals surface area contributed by atoms with Crippen LogP contribution in [0.25, 0.3) is 10.9 Å². The fourth-order valence-corrected chi connectivity index (χ4v) is 2.38. The first-order valence-corrected chi connectivity index (χ1v) is 7.25. The van der Waals surface area contributed by atoms with E-state index in [1.54, 1.807) is 17.8 Å². The van der Waals surface area contributed by atoms with Gasteiger partial charge in [-0.2, -0.15) is 5.10 Å². The Hall–Kier alpha value is -2.41. The number of anilines is 1. The minimum atomic E-state index is -0.576. The first-order chi connectivity index (χ1) is 10.5. The van der Waals surface area contributed by atoms with Gasteiger partial charge in [-0.1, -0.05) is 28.6 Å². The van der Waals surface area contributed by atoms with Gasteiger partial charge in [0, 0.05) is 23.5 Å². The van der Waals surface area contributed by atoms with E-state index in [0.29, 0.717) is 5.82 Å². The van der Waals surface area contributed by atoms with Crippen LogP contribution in [0, 0.1) is 0 Å². The molecule has 0 aliphatic heterocycles. The number of aromatic nitrogens is 2. The molecule has 0 aliphatic rings. The molecule has 0 spiro atoms. The molecule has 7 heteroatoms. The first kappa shape index (κ1) is 16.0. The second-order valence-electron chi connectivity index (χ2n) is 4.51. The molecule has 3 amide bonds. The number of imide groups is 1. The number of carbonyl (C=O) groups excluding carboxylic acids is 2. The summed E-state index contributed by atoms with van der Waals surface area (Å²) in [7, 11) is 1.79. The SMILES string of the molecule is C=CCN(C(=O)NC(=O)C=C)c1nn(C)c2cc(Br)ccc12. The zero-order valence-corrected chi connectivity index (χ0v) is 13.6. The molecule has 0 aliphatic carbocycles. The minimum Gasteiger partial charge on any atom is -0.274 e. The van der Waals surface area contributed by atoms with Crippen molar-refractivity contribution in [3.05, 3.63) is 48.0 Å². The van der Waals surface area contributed by atoms with Crippen molar-refractivity contribution in [2.24, 2.45) is 7.05 Å². The minimum absolute atomic E-state index is 0.221. The van der Waals surface area contributed by atoms with Gasteiger partial charge in [-0.15, -0.1) is 6.58 Å². The molecule has 1 aromatic heterocycles. The van der Waals surface area contributed by atoms with Crippen LogP contribution in [-0.2, 0) is 11.8 Å². The molecule has 0 bridgehead atoms. The Morgan fingerprint density at radius 1 is 1.45 bits per heavy atom. The highest BCUT2D eigenvalue weighted by atomic mass is 79.9. The fourth-order valence-electron chi connectivity index (χ4n) is 2.03. The molecule has 0 saturated heterocycles. The lowest BCUT2D eigenvalue weighted by molar-refractivity contribution is -0.115. The summed E-state index contributed by atoms with van der Waals surface area (Å²) in [6.45, 7) is 7.19. The van der Waals surface area contributed by atoms with Crippen molar-refractivity contribution in [2.45, 2.75) is 0 Å². The van der Waals surface area contributed by atoms with Gasteiger partial charge >= 0.3 is 6.03 Å². The third kappa shape index (κ3) is 3.09. The smallest absolute Gasteiger partial charge is 0.274 e. The number of carbonyl (C=O) groups is 2. The van der Waals surface area contributed by atoms with Crippen LogP contribution in [0.4, 0.5) is 10.6 Å². The average Bonchev–Trinajstić information content (AvgIpc) is 2.80. The summed E-state index contributed by atoms with van der Waals surface area (Å²) in [4.78, 5) is 25.0. The zero-order chi connectivity index (χ0) is 16.3. The summed E-state index contributed by atoms with van der Waals surface area (Å²) in [6.07, 6.45) is 2.61. The number of urea groups is 1. The number of fused-ring (bicyclic) bond motifs is 1. The van der Waals surface area contributed by atoms with E-state index in [-0.39, 0.29) is 6.54 Å². The Bertz CT molecular complexity index is 766. The van der Waals surface area contributed by atoms with E-state index in [1.165, 1.54) is 4.90 Å². The van der Waals surface area contributed by atoms with Crippen molar-refractivity contribution in [1.82, 2.24) is 15.1 Å². The molecular formula is C15H15BrN4O2. The van der Waals surface area contributed by atoms with Crippen LogP contribution in [0.1, 0.15) is 0 Å². The van der Waals surface area contributed by atoms with Gasteiger partial charge in [-0.3, -0.25) is 19.7 Å². The van der Waals surface area contributed by atoms with Crippen LogP contribution in [0.5, 0.6) is 0 Å². The van der Waals surface area contributed by atoms with E-state index in [0.717, 1.165) is 21.5 Å². The van der Waals surface area contributed by atoms with Crippen LogP contribution in [0.15, 0.2) is 48.0 Å². The van der Waals surface area contributed by atoms with E-state index in [4.69, 9.17) is 0 Å². The normalized spacial score (nSPS) is 10.3. The highest BCUT2D eigenvalue weighted by Gasteiger charge is 2.21. The quantitative estimate of drug-likeness (QED) is 0.671. The van der Waals surface area contributed by atoms with Gasteiger partial charge in [0.2, 0.25) is 0 Å². The van der Waals surface area contributed by atoms with Crippen LogP contribution in [0.3, 0.4) is 0 Å². The number of aryl methyl sites for hydroxylation is 1. The summed E-state index contributed by atoms with van der Waals surface area (Å²) in [5.41, 5.74) is 0.862. The van der Waals surface area contributed by atoms with Crippen LogP contribution >= 0.6 is 15.9 Å². The van der Waals surface area contributed by atoms with E-state index in [9.17, 15) is 9.59 Å². The largest absolute Gasteiger partial charge is 0.330 e. The molecule has 1 heterocycles. The predicted molar refractivity (Wildman–Crippen MR) is 89.7 cm³/mol. The maximum Gasteiger partial charge on any atom is 0.330 e. The second-order valence-corrected chi connectivity index (χ2v) is 5.42. The summed E-state index contributed by atoms with van der Waals surface area (Å²) >= 11 is 3.41. The third-order valence-corrected chi connectivity index (χ3v) is 3.52. The number of hydrogen-bond donors (Lipinski definition) is 1. The maximum atomic E-state index is 12.3. The Morgan fingerprint density at radius 2 is 2.18 bits per heavy atom. The third-order valence-electron chi connectivity index (χ3n) is 3.02. The Labute approximate surface area is 136 Å². The number of hydrogen-bond acceptors (Lipinski definition) is 3. The number of rotatable bonds is 4. The summed E-state index contributed by atoms with van der Waals surface area (Å²) in [5, 5.41) is 7.40. The molecule has 22 heavy (non-hydrogen) atoms. The Morgan fingerprint density at radius 3 is 2.82 bits per heavy atom. The van der Waals surface area contributed by atoms with Gasteiger partial charge in [0.25, 0.3) is 5.91 Å². The molecule has 0 saturated carbocycles. The van der Waals surface area contributed by atoms with E-state index in [2.05, 4.69) is 39.5 Å². The molecule has 0 fully saturated rings. The molecule has 2 rings (SSSR count). The molecule has 0 atom stereocenters. The standard InChI is InChI=1S/C15H15BrN4O2/c1-4-8-20(15(22)17-13(21)5-2)14-11-7-6-10(16)9-12(11)19(3)18-14/h4-7,9H,1-2,8H2,3H3,(H,17,21,22). The fraction of sp³-hybridized carbons (Fsp3) is 0.133. The van der Waals surface area contributed by atoms with Gasteiger partial charge in [-0.05, 0) is 24.3 Å². The van der Waals surface area contributed by atoms with E-state index >= 15 is 0 Å². The highest BCUT2D eigenvalue weighted by molar-refractivity contribution is 9.10. The number of nitrogens with zero attached hydrogens (tertiary/aromatic N) is 3. The zero-order valence-electron chi connectivity index (χ0n) is 12.0. The van der Waals surface area contributed by atoms with Crippen LogP contribution in [-0.4, -0.2) is 28.3 Å². The number of amides is 3. The summed E-state index contributed by atoms with van der Waals surface area (Å²) < 4.78 is 2.59. The predicted octanol–water partition coefficient (Wildman–Crippen LogP) is 2.75. The van der Waals surface area contributed by atoms with Crippen molar-refractivity contribution >= 4 is 44.6 Å². The summed E-state index contributed by atoms with van der Waals surface area (Å²) in [6, 6.07) is 5.06. The van der Waals surface area contributed by atoms with E-state index in [1.807, 2.05) is 18.2 Å². The molecular weight excluding hydrogens is 348 g/mol. The van der Waals surface area contributed by atoms with Gasteiger partial charge in [-0.25, -0.2) is 4.79 Å². The molecule has 1 aromatic carbocycles. The lowest BCUT2D eigenvalue weighted by atomic mass is 10.2. The molecule has 1 N–H and O–H groups in total. The number of halogens is 1. The monoisotopic (exact) mass is 362 g/mol. The van der Waals surface area contributed by atoms with Gasteiger partial charge < -0.3 is 0 Å². The van der Waals surface area contributed by atoms with Crippen molar-refractivity contribution in [3.63, 3.8) is 0 Å². The topological polar surface area (TPSA) is 67.2 Å². The van der Waals surface area contributed by atoms with Gasteiger partial charge in [0.15, 0.2) is 5.82 Å². The van der Waals surface area contributed by atoms with Crippen LogP contribution in [0.2, 0.25) is 0 Å². The number of nitrogens with one attached hydrogen (secondary N) is 1. The van der Waals surface area contributed by atoms with Gasteiger partial charge in [0.05, 0.1) is 5.52 Å². The Balaban J connectivity index is 2.49. The van der Waals surface area contributed by atoms with Crippen LogP contribution < -0.4 is 10.2 Å². The van der Waals surface area contributed by atoms with E-state index < -0.39 is 11.9 Å². The summed E-state index contributed by atoms with van der Waals surface area (Å²) in [5.74, 6) is -0.110. The van der Waals surface area contributed by atoms with Crippen molar-refractivity contribution < 1.29 is 9.59 Å². The lowest BCUT2D eigenvalue weighted by Gasteiger charge is -2.18. The first-order valence-electron chi connectivity index (χ1n) is 6.46. The van der Waals surface area contributed by atoms with Crippen molar-refractivity contribution in [3.8, 4) is 0 Å². The number of benzene rings is 1. The Kier molecular flexibility index (Phi) is 4.77. The van der Waals surface area contributed by atoms with Crippen molar-refractivity contribution in [1.29, 1.82) is 0 Å². The van der Waals surface area contributed by atoms with Crippen molar-refractivity contribution in [2.75, 3.05) is 11.4 Å². The molecule has 0 unspecified atom stereocenters. The van der Waals surface area contributed by atoms with Gasteiger partial charge in [0.1, 0.15) is 0 Å².